The molecule has 1 aromatic carbocycles. The summed E-state index contributed by atoms with van der Waals surface area (Å²) < 4.78 is 13.5. The Kier molecular flexibility index (Phi) is 6.55. The highest BCUT2D eigenvalue weighted by Crippen LogP contribution is 2.36. The number of fused-ring (bicyclic) bond motifs is 1. The molecule has 0 saturated heterocycles. The first kappa shape index (κ1) is 22.7. The lowest BCUT2D eigenvalue weighted by atomic mass is 9.95. The Morgan fingerprint density at radius 1 is 1.21 bits per heavy atom. The third-order valence-corrected chi connectivity index (χ3v) is 6.08. The van der Waals surface area contributed by atoms with E-state index in [0.717, 1.165) is 5.56 Å². The lowest BCUT2D eigenvalue weighted by molar-refractivity contribution is -0.139. The van der Waals surface area contributed by atoms with Crippen LogP contribution in [0.4, 0.5) is 0 Å². The van der Waals surface area contributed by atoms with Crippen LogP contribution in [0.3, 0.4) is 0 Å². The van der Waals surface area contributed by atoms with Gasteiger partial charge in [-0.1, -0.05) is 29.5 Å². The number of carbonyl (C=O) groups is 1. The van der Waals surface area contributed by atoms with Gasteiger partial charge in [0.2, 0.25) is 0 Å². The van der Waals surface area contributed by atoms with Crippen LogP contribution in [0.15, 0.2) is 69.8 Å². The van der Waals surface area contributed by atoms with E-state index in [2.05, 4.69) is 9.98 Å². The maximum absolute atomic E-state index is 13.6. The second-order valence-electron chi connectivity index (χ2n) is 7.79. The zero-order valence-corrected chi connectivity index (χ0v) is 19.8. The average Bonchev–Trinajstić information content (AvgIpc) is 3.08. The van der Waals surface area contributed by atoms with Crippen LogP contribution in [-0.2, 0) is 9.53 Å². The van der Waals surface area contributed by atoms with Crippen molar-refractivity contribution in [2.75, 3.05) is 6.61 Å². The van der Waals surface area contributed by atoms with Gasteiger partial charge in [0.05, 0.1) is 28.5 Å². The Morgan fingerprint density at radius 3 is 2.64 bits per heavy atom. The fourth-order valence-corrected chi connectivity index (χ4v) is 4.81. The Morgan fingerprint density at radius 2 is 1.94 bits per heavy atom. The quantitative estimate of drug-likeness (QED) is 0.525. The molecule has 1 aliphatic heterocycles. The molecule has 0 saturated carbocycles. The van der Waals surface area contributed by atoms with Gasteiger partial charge in [-0.2, -0.15) is 0 Å². The highest BCUT2D eigenvalue weighted by Gasteiger charge is 2.35. The van der Waals surface area contributed by atoms with Gasteiger partial charge in [0.25, 0.3) is 5.56 Å². The monoisotopic (exact) mass is 463 g/mol. The van der Waals surface area contributed by atoms with Crippen molar-refractivity contribution in [2.24, 2.45) is 4.99 Å². The summed E-state index contributed by atoms with van der Waals surface area (Å²) in [7, 11) is 0. The molecule has 0 N–H and O–H groups in total. The van der Waals surface area contributed by atoms with Crippen LogP contribution in [0.25, 0.3) is 6.08 Å². The number of thiazole rings is 1. The summed E-state index contributed by atoms with van der Waals surface area (Å²) in [6.45, 7) is 7.61. The number of benzene rings is 1. The molecular formula is C25H25N3O4S. The highest BCUT2D eigenvalue weighted by atomic mass is 32.1. The van der Waals surface area contributed by atoms with E-state index in [1.807, 2.05) is 56.3 Å². The third kappa shape index (κ3) is 4.52. The molecular weight excluding hydrogens is 438 g/mol. The molecule has 0 amide bonds. The van der Waals surface area contributed by atoms with E-state index in [0.29, 0.717) is 31.9 Å². The van der Waals surface area contributed by atoms with Gasteiger partial charge in [0.1, 0.15) is 11.8 Å². The number of rotatable bonds is 6. The van der Waals surface area contributed by atoms with Crippen molar-refractivity contribution in [1.29, 1.82) is 0 Å². The van der Waals surface area contributed by atoms with E-state index in [4.69, 9.17) is 9.47 Å². The molecule has 0 radical (unpaired) electrons. The van der Waals surface area contributed by atoms with Crippen LogP contribution in [0.5, 0.6) is 5.75 Å². The summed E-state index contributed by atoms with van der Waals surface area (Å²) in [5.74, 6) is 0.115. The Bertz CT molecular complexity index is 1390. The molecule has 170 valence electrons. The van der Waals surface area contributed by atoms with Crippen molar-refractivity contribution in [2.45, 2.75) is 39.8 Å². The zero-order valence-electron chi connectivity index (χ0n) is 18.9. The molecule has 1 atom stereocenters. The normalized spacial score (nSPS) is 15.9. The molecule has 8 heteroatoms. The van der Waals surface area contributed by atoms with Crippen molar-refractivity contribution in [3.63, 3.8) is 0 Å². The molecule has 0 aliphatic carbocycles. The first-order chi connectivity index (χ1) is 15.9. The molecule has 0 spiro atoms. The molecule has 3 heterocycles. The molecule has 4 rings (SSSR count). The van der Waals surface area contributed by atoms with Crippen molar-refractivity contribution < 1.29 is 14.3 Å². The predicted octanol–water partition coefficient (Wildman–Crippen LogP) is 2.98. The number of nitrogens with zero attached hydrogens (tertiary/aromatic N) is 3. The summed E-state index contributed by atoms with van der Waals surface area (Å²) in [4.78, 5) is 35.8. The molecule has 3 aromatic rings. The minimum Gasteiger partial charge on any atom is -0.491 e. The molecule has 1 aliphatic rings. The van der Waals surface area contributed by atoms with Crippen LogP contribution in [0.1, 0.15) is 44.9 Å². The number of aromatic nitrogens is 2. The summed E-state index contributed by atoms with van der Waals surface area (Å²) in [6.07, 6.45) is 5.08. The van der Waals surface area contributed by atoms with Crippen LogP contribution in [0, 0.1) is 0 Å². The van der Waals surface area contributed by atoms with E-state index < -0.39 is 12.0 Å². The number of allylic oxidation sites excluding steroid dienone is 1. The molecule has 0 bridgehead atoms. The van der Waals surface area contributed by atoms with Crippen LogP contribution >= 0.6 is 11.3 Å². The van der Waals surface area contributed by atoms with Gasteiger partial charge in [0.15, 0.2) is 4.80 Å². The fourth-order valence-electron chi connectivity index (χ4n) is 3.76. The SMILES string of the molecule is CCOC(=O)C1=C(C)N=c2sc(=Cc3ccncc3)c(=O)n2C1c1ccccc1OC(C)C. The Labute approximate surface area is 195 Å². The molecule has 2 aromatic heterocycles. The minimum absolute atomic E-state index is 0.0789. The minimum atomic E-state index is -0.713. The van der Waals surface area contributed by atoms with Crippen molar-refractivity contribution in [1.82, 2.24) is 9.55 Å². The van der Waals surface area contributed by atoms with E-state index in [1.165, 1.54) is 11.3 Å². The van der Waals surface area contributed by atoms with E-state index >= 15 is 0 Å². The standard InChI is InChI=1S/C25H25N3O4S/c1-5-31-24(30)21-16(4)27-25-28(22(21)18-8-6-7-9-19(18)32-15(2)3)23(29)20(33-25)14-17-10-12-26-13-11-17/h6-15,22H,5H2,1-4H3. The second-order valence-corrected chi connectivity index (χ2v) is 8.80. The Balaban J connectivity index is 1.99. The van der Waals surface area contributed by atoms with Crippen molar-refractivity contribution in [3.8, 4) is 5.75 Å². The predicted molar refractivity (Wildman–Crippen MR) is 127 cm³/mol. The lowest BCUT2D eigenvalue weighted by Crippen LogP contribution is -2.40. The number of hydrogen-bond donors (Lipinski definition) is 0. The molecule has 33 heavy (non-hydrogen) atoms. The van der Waals surface area contributed by atoms with E-state index in [9.17, 15) is 9.59 Å². The first-order valence-electron chi connectivity index (χ1n) is 10.8. The van der Waals surface area contributed by atoms with E-state index in [-0.39, 0.29) is 18.3 Å². The highest BCUT2D eigenvalue weighted by molar-refractivity contribution is 7.07. The van der Waals surface area contributed by atoms with Crippen LogP contribution in [0.2, 0.25) is 0 Å². The van der Waals surface area contributed by atoms with Gasteiger partial charge in [0, 0.05) is 18.0 Å². The largest absolute Gasteiger partial charge is 0.491 e. The van der Waals surface area contributed by atoms with Crippen LogP contribution in [-0.4, -0.2) is 28.2 Å². The maximum Gasteiger partial charge on any atom is 0.338 e. The molecule has 0 fully saturated rings. The summed E-state index contributed by atoms with van der Waals surface area (Å²) in [5.41, 5.74) is 2.19. The number of para-hydroxylation sites is 1. The average molecular weight is 464 g/mol. The lowest BCUT2D eigenvalue weighted by Gasteiger charge is -2.26. The van der Waals surface area contributed by atoms with Gasteiger partial charge in [-0.15, -0.1) is 0 Å². The number of pyridine rings is 1. The number of ether oxygens (including phenoxy) is 2. The smallest absolute Gasteiger partial charge is 0.338 e. The van der Waals surface area contributed by atoms with Gasteiger partial charge in [-0.3, -0.25) is 14.3 Å². The third-order valence-electron chi connectivity index (χ3n) is 5.10. The van der Waals surface area contributed by atoms with Crippen molar-refractivity contribution >= 4 is 23.4 Å². The van der Waals surface area contributed by atoms with Gasteiger partial charge in [-0.25, -0.2) is 9.79 Å². The maximum atomic E-state index is 13.6. The topological polar surface area (TPSA) is 82.8 Å². The second kappa shape index (κ2) is 9.54. The number of hydrogen-bond acceptors (Lipinski definition) is 7. The van der Waals surface area contributed by atoms with Gasteiger partial charge in [-0.05, 0) is 57.5 Å². The summed E-state index contributed by atoms with van der Waals surface area (Å²) in [5, 5.41) is 0. The van der Waals surface area contributed by atoms with Crippen molar-refractivity contribution in [3.05, 3.63) is 90.9 Å². The summed E-state index contributed by atoms with van der Waals surface area (Å²) >= 11 is 1.29. The van der Waals surface area contributed by atoms with Crippen LogP contribution < -0.4 is 19.6 Å². The number of carbonyl (C=O) groups excluding carboxylic acids is 1. The molecule has 1 unspecified atom stereocenters. The van der Waals surface area contributed by atoms with Gasteiger partial charge < -0.3 is 9.47 Å². The zero-order chi connectivity index (χ0) is 23.5. The summed E-state index contributed by atoms with van der Waals surface area (Å²) in [6, 6.07) is 10.4. The van der Waals surface area contributed by atoms with E-state index in [1.54, 1.807) is 30.8 Å². The fraction of sp³-hybridized carbons (Fsp3) is 0.280. The van der Waals surface area contributed by atoms with Gasteiger partial charge >= 0.3 is 5.97 Å². The first-order valence-corrected chi connectivity index (χ1v) is 11.6. The number of esters is 1. The molecule has 7 nitrogen and oxygen atoms in total. The Hall–Kier alpha value is -3.52.